The second-order valence-electron chi connectivity index (χ2n) is 4.42. The summed E-state index contributed by atoms with van der Waals surface area (Å²) in [6.45, 7) is 3.20. The normalized spacial score (nSPS) is 16.8. The van der Waals surface area contributed by atoms with E-state index in [0.29, 0.717) is 23.9 Å². The molecule has 21 heavy (non-hydrogen) atoms. The van der Waals surface area contributed by atoms with Gasteiger partial charge in [0.1, 0.15) is 0 Å². The molecule has 0 saturated carbocycles. The standard InChI is InChI=1S/C13H17NO5S2/c1-2-20-11-4-3-10(13(15)16)9-12(11)21(17,18)14-5-7-19-8-6-14/h3-4,9H,2,5-8H2,1H3,(H,15,16). The van der Waals surface area contributed by atoms with Crippen LogP contribution in [-0.2, 0) is 14.8 Å². The van der Waals surface area contributed by atoms with E-state index in [1.165, 1.54) is 28.2 Å². The van der Waals surface area contributed by atoms with Gasteiger partial charge in [0.15, 0.2) is 0 Å². The Hall–Kier alpha value is -1.09. The molecule has 1 aliphatic rings. The maximum absolute atomic E-state index is 12.7. The minimum absolute atomic E-state index is 0.0257. The van der Waals surface area contributed by atoms with Crippen LogP contribution in [0.2, 0.25) is 0 Å². The topological polar surface area (TPSA) is 83.9 Å². The third-order valence-electron chi connectivity index (χ3n) is 3.08. The van der Waals surface area contributed by atoms with E-state index in [4.69, 9.17) is 9.84 Å². The summed E-state index contributed by atoms with van der Waals surface area (Å²) in [5.41, 5.74) is -0.0257. The van der Waals surface area contributed by atoms with Crippen molar-refractivity contribution in [3.63, 3.8) is 0 Å². The Morgan fingerprint density at radius 2 is 2.05 bits per heavy atom. The molecule has 116 valence electrons. The van der Waals surface area contributed by atoms with Crippen molar-refractivity contribution in [3.05, 3.63) is 23.8 Å². The maximum atomic E-state index is 12.7. The Morgan fingerprint density at radius 3 is 2.62 bits per heavy atom. The molecule has 1 aliphatic heterocycles. The van der Waals surface area contributed by atoms with Crippen LogP contribution in [0.15, 0.2) is 28.0 Å². The summed E-state index contributed by atoms with van der Waals surface area (Å²) in [5.74, 6) is -0.431. The fraction of sp³-hybridized carbons (Fsp3) is 0.462. The number of morpholine rings is 1. The number of aromatic carboxylic acids is 1. The van der Waals surface area contributed by atoms with Gasteiger partial charge < -0.3 is 9.84 Å². The number of nitrogens with zero attached hydrogens (tertiary/aromatic N) is 1. The van der Waals surface area contributed by atoms with Crippen LogP contribution in [0.1, 0.15) is 17.3 Å². The number of benzene rings is 1. The second-order valence-corrected chi connectivity index (χ2v) is 7.63. The Morgan fingerprint density at radius 1 is 1.38 bits per heavy atom. The first kappa shape index (κ1) is 16.3. The van der Waals surface area contributed by atoms with Gasteiger partial charge in [-0.3, -0.25) is 0 Å². The predicted molar refractivity (Wildman–Crippen MR) is 79.4 cm³/mol. The van der Waals surface area contributed by atoms with E-state index in [1.807, 2.05) is 6.92 Å². The van der Waals surface area contributed by atoms with Crippen LogP contribution in [0.3, 0.4) is 0 Å². The summed E-state index contributed by atoms with van der Waals surface area (Å²) in [6, 6.07) is 4.23. The van der Waals surface area contributed by atoms with Gasteiger partial charge in [0, 0.05) is 18.0 Å². The van der Waals surface area contributed by atoms with Crippen molar-refractivity contribution in [2.75, 3.05) is 32.1 Å². The summed E-state index contributed by atoms with van der Waals surface area (Å²) in [4.78, 5) is 11.7. The van der Waals surface area contributed by atoms with Crippen molar-refractivity contribution in [2.45, 2.75) is 16.7 Å². The van der Waals surface area contributed by atoms with Crippen LogP contribution < -0.4 is 0 Å². The van der Waals surface area contributed by atoms with Crippen LogP contribution in [0.25, 0.3) is 0 Å². The molecular formula is C13H17NO5S2. The highest BCUT2D eigenvalue weighted by Crippen LogP contribution is 2.30. The summed E-state index contributed by atoms with van der Waals surface area (Å²) < 4.78 is 32.0. The van der Waals surface area contributed by atoms with Crippen molar-refractivity contribution >= 4 is 27.8 Å². The van der Waals surface area contributed by atoms with Crippen LogP contribution in [0, 0.1) is 0 Å². The Bertz CT molecular complexity index is 623. The van der Waals surface area contributed by atoms with Crippen LogP contribution in [0.4, 0.5) is 0 Å². The average molecular weight is 331 g/mol. The van der Waals surface area contributed by atoms with Gasteiger partial charge in [0.05, 0.1) is 23.7 Å². The van der Waals surface area contributed by atoms with Gasteiger partial charge in [0.25, 0.3) is 0 Å². The molecule has 1 N–H and O–H groups in total. The monoisotopic (exact) mass is 331 g/mol. The molecule has 1 aromatic carbocycles. The highest BCUT2D eigenvalue weighted by Gasteiger charge is 2.29. The molecular weight excluding hydrogens is 314 g/mol. The predicted octanol–water partition coefficient (Wildman–Crippen LogP) is 1.52. The third kappa shape index (κ3) is 3.57. The highest BCUT2D eigenvalue weighted by atomic mass is 32.2. The lowest BCUT2D eigenvalue weighted by Gasteiger charge is -2.27. The molecule has 0 spiro atoms. The molecule has 0 amide bonds. The maximum Gasteiger partial charge on any atom is 0.335 e. The zero-order valence-electron chi connectivity index (χ0n) is 11.6. The van der Waals surface area contributed by atoms with Crippen molar-refractivity contribution < 1.29 is 23.1 Å². The summed E-state index contributed by atoms with van der Waals surface area (Å²) in [6.07, 6.45) is 0. The van der Waals surface area contributed by atoms with Gasteiger partial charge in [-0.1, -0.05) is 6.92 Å². The largest absolute Gasteiger partial charge is 0.478 e. The van der Waals surface area contributed by atoms with E-state index in [0.717, 1.165) is 0 Å². The minimum Gasteiger partial charge on any atom is -0.478 e. The zero-order valence-corrected chi connectivity index (χ0v) is 13.2. The Kier molecular flexibility index (Phi) is 5.26. The minimum atomic E-state index is -3.70. The molecule has 0 radical (unpaired) electrons. The van der Waals surface area contributed by atoms with E-state index in [9.17, 15) is 13.2 Å². The van der Waals surface area contributed by atoms with E-state index in [-0.39, 0.29) is 23.5 Å². The van der Waals surface area contributed by atoms with Gasteiger partial charge in [-0.25, -0.2) is 13.2 Å². The van der Waals surface area contributed by atoms with Gasteiger partial charge in [-0.15, -0.1) is 11.8 Å². The lowest BCUT2D eigenvalue weighted by atomic mass is 10.2. The molecule has 1 heterocycles. The zero-order chi connectivity index (χ0) is 15.5. The number of rotatable bonds is 5. The molecule has 1 fully saturated rings. The van der Waals surface area contributed by atoms with Crippen LogP contribution >= 0.6 is 11.8 Å². The quantitative estimate of drug-likeness (QED) is 0.824. The van der Waals surface area contributed by atoms with Gasteiger partial charge >= 0.3 is 5.97 Å². The van der Waals surface area contributed by atoms with E-state index >= 15 is 0 Å². The second kappa shape index (κ2) is 6.78. The van der Waals surface area contributed by atoms with Gasteiger partial charge in [-0.05, 0) is 24.0 Å². The Labute approximate surface area is 128 Å². The fourth-order valence-corrected chi connectivity index (χ4v) is 4.72. The molecule has 0 bridgehead atoms. The van der Waals surface area contributed by atoms with E-state index < -0.39 is 16.0 Å². The SMILES string of the molecule is CCSc1ccc(C(=O)O)cc1S(=O)(=O)N1CCOCC1. The molecule has 6 nitrogen and oxygen atoms in total. The number of thioether (sulfide) groups is 1. The van der Waals surface area contributed by atoms with E-state index in [2.05, 4.69) is 0 Å². The van der Waals surface area contributed by atoms with Crippen LogP contribution in [-0.4, -0.2) is 55.9 Å². The smallest absolute Gasteiger partial charge is 0.335 e. The van der Waals surface area contributed by atoms with Gasteiger partial charge in [0.2, 0.25) is 10.0 Å². The summed E-state index contributed by atoms with van der Waals surface area (Å²) in [5, 5.41) is 9.07. The van der Waals surface area contributed by atoms with Crippen LogP contribution in [0.5, 0.6) is 0 Å². The molecule has 2 rings (SSSR count). The number of carboxylic acid groups (broad SMARTS) is 1. The molecule has 0 unspecified atom stereocenters. The van der Waals surface area contributed by atoms with Crippen molar-refractivity contribution in [1.82, 2.24) is 4.31 Å². The number of hydrogen-bond donors (Lipinski definition) is 1. The molecule has 8 heteroatoms. The first-order valence-corrected chi connectivity index (χ1v) is 8.97. The van der Waals surface area contributed by atoms with Crippen molar-refractivity contribution in [3.8, 4) is 0 Å². The first-order chi connectivity index (χ1) is 9.96. The molecule has 1 aromatic rings. The summed E-state index contributed by atoms with van der Waals surface area (Å²) in [7, 11) is -3.70. The highest BCUT2D eigenvalue weighted by molar-refractivity contribution is 8.00. The number of carbonyl (C=O) groups is 1. The number of hydrogen-bond acceptors (Lipinski definition) is 5. The molecule has 0 aliphatic carbocycles. The summed E-state index contributed by atoms with van der Waals surface area (Å²) >= 11 is 1.38. The lowest BCUT2D eigenvalue weighted by Crippen LogP contribution is -2.40. The number of ether oxygens (including phenoxy) is 1. The van der Waals surface area contributed by atoms with E-state index in [1.54, 1.807) is 6.07 Å². The average Bonchev–Trinajstić information content (AvgIpc) is 2.48. The van der Waals surface area contributed by atoms with Gasteiger partial charge in [-0.2, -0.15) is 4.31 Å². The number of sulfonamides is 1. The lowest BCUT2D eigenvalue weighted by molar-refractivity contribution is 0.0695. The molecule has 0 atom stereocenters. The number of carboxylic acids is 1. The molecule has 1 saturated heterocycles. The first-order valence-electron chi connectivity index (χ1n) is 6.55. The van der Waals surface area contributed by atoms with Crippen molar-refractivity contribution in [1.29, 1.82) is 0 Å². The third-order valence-corrected chi connectivity index (χ3v) is 6.10. The van der Waals surface area contributed by atoms with Crippen molar-refractivity contribution in [2.24, 2.45) is 0 Å². The molecule has 0 aromatic heterocycles. The Balaban J connectivity index is 2.47. The fourth-order valence-electron chi connectivity index (χ4n) is 2.04.